The molecule has 1 aromatic rings. The first-order chi connectivity index (χ1) is 11.2. The van der Waals surface area contributed by atoms with Gasteiger partial charge in [-0.2, -0.15) is 0 Å². The molecular formula is C21H27NO. The van der Waals surface area contributed by atoms with E-state index in [9.17, 15) is 4.79 Å². The van der Waals surface area contributed by atoms with Gasteiger partial charge in [0.15, 0.2) is 5.78 Å². The third-order valence-electron chi connectivity index (χ3n) is 5.21. The summed E-state index contributed by atoms with van der Waals surface area (Å²) in [7, 11) is 0. The summed E-state index contributed by atoms with van der Waals surface area (Å²) in [6, 6.07) is 8.59. The molecule has 0 spiro atoms. The van der Waals surface area contributed by atoms with Crippen molar-refractivity contribution >= 4 is 17.5 Å². The van der Waals surface area contributed by atoms with Crippen LogP contribution in [0.5, 0.6) is 0 Å². The summed E-state index contributed by atoms with van der Waals surface area (Å²) in [5, 5.41) is 0. The summed E-state index contributed by atoms with van der Waals surface area (Å²) in [6.07, 6.45) is 8.78. The number of nitrogens with zero attached hydrogens (tertiary/aromatic N) is 1. The fourth-order valence-electron chi connectivity index (χ4n) is 3.83. The van der Waals surface area contributed by atoms with Crippen LogP contribution < -0.4 is 4.90 Å². The number of anilines is 1. The lowest BCUT2D eigenvalue weighted by Gasteiger charge is -2.20. The van der Waals surface area contributed by atoms with Crippen molar-refractivity contribution in [3.05, 3.63) is 46.5 Å². The monoisotopic (exact) mass is 309 g/mol. The Hall–Kier alpha value is -1.83. The fraction of sp³-hybridized carbons (Fsp3) is 0.476. The molecule has 2 aliphatic rings. The van der Waals surface area contributed by atoms with E-state index in [1.54, 1.807) is 0 Å². The molecule has 3 rings (SSSR count). The Bertz CT molecular complexity index is 624. The van der Waals surface area contributed by atoms with Gasteiger partial charge in [-0.1, -0.05) is 17.7 Å². The lowest BCUT2D eigenvalue weighted by molar-refractivity contribution is -0.111. The molecule has 0 atom stereocenters. The molecule has 0 bridgehead atoms. The van der Waals surface area contributed by atoms with Gasteiger partial charge in [0, 0.05) is 24.4 Å². The van der Waals surface area contributed by atoms with Crippen LogP contribution >= 0.6 is 0 Å². The number of carbonyl (C=O) groups excluding carboxylic acids is 1. The maximum Gasteiger partial charge on any atom is 0.184 e. The molecule has 1 aromatic carbocycles. The Morgan fingerprint density at radius 1 is 0.957 bits per heavy atom. The quantitative estimate of drug-likeness (QED) is 0.717. The summed E-state index contributed by atoms with van der Waals surface area (Å²) in [6.45, 7) is 6.39. The minimum Gasteiger partial charge on any atom is -0.372 e. The summed E-state index contributed by atoms with van der Waals surface area (Å²) >= 11 is 0. The molecule has 0 heterocycles. The number of hydrogen-bond donors (Lipinski definition) is 0. The number of carbonyl (C=O) groups is 1. The van der Waals surface area contributed by atoms with Gasteiger partial charge < -0.3 is 4.90 Å². The molecule has 2 heteroatoms. The van der Waals surface area contributed by atoms with Gasteiger partial charge in [-0.25, -0.2) is 0 Å². The highest BCUT2D eigenvalue weighted by Crippen LogP contribution is 2.36. The predicted octanol–water partition coefficient (Wildman–Crippen LogP) is 5.15. The molecule has 0 unspecified atom stereocenters. The van der Waals surface area contributed by atoms with Gasteiger partial charge in [0.05, 0.1) is 0 Å². The van der Waals surface area contributed by atoms with Crippen molar-refractivity contribution in [2.24, 2.45) is 0 Å². The van der Waals surface area contributed by atoms with Crippen molar-refractivity contribution in [2.75, 3.05) is 18.0 Å². The Balaban J connectivity index is 1.77. The van der Waals surface area contributed by atoms with Gasteiger partial charge in [0.1, 0.15) is 0 Å². The Morgan fingerprint density at radius 2 is 1.61 bits per heavy atom. The lowest BCUT2D eigenvalue weighted by atomic mass is 10.0. The Labute approximate surface area is 139 Å². The fourth-order valence-corrected chi connectivity index (χ4v) is 3.83. The molecular weight excluding hydrogens is 282 g/mol. The van der Waals surface area contributed by atoms with E-state index in [-0.39, 0.29) is 0 Å². The first-order valence-electron chi connectivity index (χ1n) is 9.04. The van der Waals surface area contributed by atoms with Crippen LogP contribution in [0.1, 0.15) is 57.9 Å². The number of benzene rings is 1. The SMILES string of the molecule is CCN(CC)c1ccc(C=C2CCC(=C3CCCC3)C2=O)cc1. The van der Waals surface area contributed by atoms with E-state index in [1.165, 1.54) is 24.1 Å². The number of ketones is 1. The summed E-state index contributed by atoms with van der Waals surface area (Å²) in [5.41, 5.74) is 5.96. The number of hydrogen-bond acceptors (Lipinski definition) is 2. The minimum absolute atomic E-state index is 0.315. The first kappa shape index (κ1) is 16.0. The molecule has 0 saturated heterocycles. The second-order valence-corrected chi connectivity index (χ2v) is 6.55. The number of Topliss-reactive ketones (excluding diaryl/α,β-unsaturated/α-hetero) is 1. The van der Waals surface area contributed by atoms with E-state index in [1.807, 2.05) is 0 Å². The molecule has 0 aromatic heterocycles. The van der Waals surface area contributed by atoms with Crippen LogP contribution in [0.25, 0.3) is 6.08 Å². The zero-order chi connectivity index (χ0) is 16.2. The third-order valence-corrected chi connectivity index (χ3v) is 5.21. The molecule has 23 heavy (non-hydrogen) atoms. The molecule has 0 amide bonds. The van der Waals surface area contributed by atoms with E-state index in [0.717, 1.165) is 55.5 Å². The number of rotatable bonds is 4. The smallest absolute Gasteiger partial charge is 0.184 e. The lowest BCUT2D eigenvalue weighted by Crippen LogP contribution is -2.21. The zero-order valence-electron chi connectivity index (χ0n) is 14.4. The molecule has 2 nitrogen and oxygen atoms in total. The highest BCUT2D eigenvalue weighted by molar-refractivity contribution is 6.13. The maximum absolute atomic E-state index is 12.6. The molecule has 122 valence electrons. The predicted molar refractivity (Wildman–Crippen MR) is 97.7 cm³/mol. The summed E-state index contributed by atoms with van der Waals surface area (Å²) in [5.74, 6) is 0.315. The normalized spacial score (nSPS) is 19.9. The van der Waals surface area contributed by atoms with E-state index >= 15 is 0 Å². The topological polar surface area (TPSA) is 20.3 Å². The van der Waals surface area contributed by atoms with Crippen LogP contribution in [-0.2, 0) is 4.79 Å². The van der Waals surface area contributed by atoms with E-state index in [2.05, 4.69) is 49.1 Å². The van der Waals surface area contributed by atoms with Gasteiger partial charge >= 0.3 is 0 Å². The molecule has 0 aliphatic heterocycles. The van der Waals surface area contributed by atoms with Crippen LogP contribution in [0.15, 0.2) is 41.0 Å². The van der Waals surface area contributed by atoms with Crippen molar-refractivity contribution in [1.82, 2.24) is 0 Å². The van der Waals surface area contributed by atoms with Crippen molar-refractivity contribution in [1.29, 1.82) is 0 Å². The minimum atomic E-state index is 0.315. The molecule has 2 saturated carbocycles. The summed E-state index contributed by atoms with van der Waals surface area (Å²) in [4.78, 5) is 15.0. The second kappa shape index (κ2) is 7.16. The van der Waals surface area contributed by atoms with Crippen LogP contribution in [0.4, 0.5) is 5.69 Å². The van der Waals surface area contributed by atoms with Crippen LogP contribution in [-0.4, -0.2) is 18.9 Å². The van der Waals surface area contributed by atoms with Gasteiger partial charge in [-0.15, -0.1) is 0 Å². The molecule has 2 aliphatic carbocycles. The van der Waals surface area contributed by atoms with E-state index in [4.69, 9.17) is 0 Å². The highest BCUT2D eigenvalue weighted by Gasteiger charge is 2.27. The molecule has 2 fully saturated rings. The van der Waals surface area contributed by atoms with Crippen LogP contribution in [0, 0.1) is 0 Å². The average Bonchev–Trinajstić information content (AvgIpc) is 3.21. The standard InChI is InChI=1S/C21H27NO/c1-3-22(4-2)19-12-9-16(10-13-19)15-18-11-14-20(21(18)23)17-7-5-6-8-17/h9-10,12-13,15H,3-8,11,14H2,1-2H3. The second-order valence-electron chi connectivity index (χ2n) is 6.55. The highest BCUT2D eigenvalue weighted by atomic mass is 16.1. The largest absolute Gasteiger partial charge is 0.372 e. The van der Waals surface area contributed by atoms with Crippen molar-refractivity contribution in [3.63, 3.8) is 0 Å². The zero-order valence-corrected chi connectivity index (χ0v) is 14.4. The Kier molecular flexibility index (Phi) is 5.00. The molecule has 0 N–H and O–H groups in total. The van der Waals surface area contributed by atoms with Crippen LogP contribution in [0.2, 0.25) is 0 Å². The van der Waals surface area contributed by atoms with Gasteiger partial charge in [-0.3, -0.25) is 4.79 Å². The molecule has 0 radical (unpaired) electrons. The van der Waals surface area contributed by atoms with Gasteiger partial charge in [0.25, 0.3) is 0 Å². The average molecular weight is 309 g/mol. The maximum atomic E-state index is 12.6. The van der Waals surface area contributed by atoms with Crippen LogP contribution in [0.3, 0.4) is 0 Å². The summed E-state index contributed by atoms with van der Waals surface area (Å²) < 4.78 is 0. The Morgan fingerprint density at radius 3 is 2.22 bits per heavy atom. The van der Waals surface area contributed by atoms with Gasteiger partial charge in [-0.05, 0) is 81.7 Å². The van der Waals surface area contributed by atoms with E-state index in [0.29, 0.717) is 5.78 Å². The van der Waals surface area contributed by atoms with E-state index < -0.39 is 0 Å². The van der Waals surface area contributed by atoms with Gasteiger partial charge in [0.2, 0.25) is 0 Å². The number of allylic oxidation sites excluding steroid dienone is 3. The van der Waals surface area contributed by atoms with Crippen molar-refractivity contribution < 1.29 is 4.79 Å². The van der Waals surface area contributed by atoms with Crippen molar-refractivity contribution in [2.45, 2.75) is 52.4 Å². The first-order valence-corrected chi connectivity index (χ1v) is 9.04. The third kappa shape index (κ3) is 3.41. The van der Waals surface area contributed by atoms with Crippen molar-refractivity contribution in [3.8, 4) is 0 Å².